The summed E-state index contributed by atoms with van der Waals surface area (Å²) in [5.41, 5.74) is 1.06. The Morgan fingerprint density at radius 1 is 1.42 bits per heavy atom. The Bertz CT molecular complexity index is 266. The topological polar surface area (TPSA) is 29.1 Å². The fourth-order valence-electron chi connectivity index (χ4n) is 0.844. The van der Waals surface area contributed by atoms with Gasteiger partial charge in [0.15, 0.2) is 0 Å². The van der Waals surface area contributed by atoms with E-state index in [0.29, 0.717) is 6.54 Å². The molecule has 1 aromatic carbocycles. The van der Waals surface area contributed by atoms with Crippen LogP contribution in [0, 0.1) is 6.58 Å². The van der Waals surface area contributed by atoms with Crippen molar-refractivity contribution in [3.05, 3.63) is 48.6 Å². The summed E-state index contributed by atoms with van der Waals surface area (Å²) in [5.74, 6) is -0.251. The molecule has 2 heteroatoms. The zero-order valence-electron chi connectivity index (χ0n) is 6.66. The molecule has 0 aromatic heterocycles. The Morgan fingerprint density at radius 2 is 2.08 bits per heavy atom. The van der Waals surface area contributed by atoms with Gasteiger partial charge in [0.1, 0.15) is 0 Å². The van der Waals surface area contributed by atoms with E-state index in [1.807, 2.05) is 30.3 Å². The standard InChI is InChI=1S/C10H10NO/c1-2-10(12)11-8-9-6-4-3-5-7-9/h1-7H,8H2,(H,11,12). The number of carbonyl (C=O) groups excluding carboxylic acids is 1. The van der Waals surface area contributed by atoms with E-state index >= 15 is 0 Å². The van der Waals surface area contributed by atoms with E-state index in [0.717, 1.165) is 11.6 Å². The van der Waals surface area contributed by atoms with Crippen molar-refractivity contribution >= 4 is 5.91 Å². The lowest BCUT2D eigenvalue weighted by Gasteiger charge is -2.00. The van der Waals surface area contributed by atoms with Crippen LogP contribution in [0.3, 0.4) is 0 Å². The molecule has 0 aliphatic carbocycles. The van der Waals surface area contributed by atoms with E-state index in [4.69, 9.17) is 6.58 Å². The number of rotatable bonds is 3. The van der Waals surface area contributed by atoms with Gasteiger partial charge < -0.3 is 5.32 Å². The highest BCUT2D eigenvalue weighted by Crippen LogP contribution is 1.96. The lowest BCUT2D eigenvalue weighted by Crippen LogP contribution is -2.19. The van der Waals surface area contributed by atoms with Crippen molar-refractivity contribution in [1.29, 1.82) is 0 Å². The minimum atomic E-state index is -0.251. The molecule has 1 rings (SSSR count). The molecule has 1 N–H and O–H groups in total. The molecular formula is C10H10NO. The third-order valence-electron chi connectivity index (χ3n) is 1.46. The maximum atomic E-state index is 10.7. The SMILES string of the molecule is [CH]=CC(=O)NCc1ccccc1. The van der Waals surface area contributed by atoms with Gasteiger partial charge in [-0.05, 0) is 5.56 Å². The molecule has 0 heterocycles. The first-order valence-corrected chi connectivity index (χ1v) is 3.69. The van der Waals surface area contributed by atoms with E-state index in [1.54, 1.807) is 0 Å². The highest BCUT2D eigenvalue weighted by Gasteiger charge is 1.93. The highest BCUT2D eigenvalue weighted by atomic mass is 16.1. The summed E-state index contributed by atoms with van der Waals surface area (Å²) in [7, 11) is 0. The quantitative estimate of drug-likeness (QED) is 0.663. The van der Waals surface area contributed by atoms with Gasteiger partial charge in [-0.3, -0.25) is 4.79 Å². The monoisotopic (exact) mass is 160 g/mol. The van der Waals surface area contributed by atoms with E-state index < -0.39 is 0 Å². The van der Waals surface area contributed by atoms with Crippen LogP contribution in [0.2, 0.25) is 0 Å². The summed E-state index contributed by atoms with van der Waals surface area (Å²) >= 11 is 0. The van der Waals surface area contributed by atoms with Crippen molar-refractivity contribution < 1.29 is 4.79 Å². The number of hydrogen-bond acceptors (Lipinski definition) is 1. The molecule has 0 saturated carbocycles. The smallest absolute Gasteiger partial charge is 0.244 e. The molecule has 1 aromatic rings. The second-order valence-corrected chi connectivity index (χ2v) is 2.37. The predicted octanol–water partition coefficient (Wildman–Crippen LogP) is 1.29. The Labute approximate surface area is 71.9 Å². The molecule has 0 atom stereocenters. The van der Waals surface area contributed by atoms with E-state index in [-0.39, 0.29) is 5.91 Å². The van der Waals surface area contributed by atoms with Crippen LogP contribution in [0.15, 0.2) is 36.4 Å². The van der Waals surface area contributed by atoms with Crippen molar-refractivity contribution in [3.63, 3.8) is 0 Å². The van der Waals surface area contributed by atoms with Gasteiger partial charge in [0.2, 0.25) is 5.91 Å². The van der Waals surface area contributed by atoms with Gasteiger partial charge in [-0.1, -0.05) is 36.9 Å². The average Bonchev–Trinajstić information content (AvgIpc) is 2.16. The van der Waals surface area contributed by atoms with Crippen LogP contribution >= 0.6 is 0 Å². The fourth-order valence-corrected chi connectivity index (χ4v) is 0.844. The highest BCUT2D eigenvalue weighted by molar-refractivity contribution is 5.86. The molecule has 0 spiro atoms. The first kappa shape index (κ1) is 8.53. The van der Waals surface area contributed by atoms with Crippen molar-refractivity contribution in [3.8, 4) is 0 Å². The number of benzene rings is 1. The minimum Gasteiger partial charge on any atom is -0.348 e. The molecule has 0 aliphatic heterocycles. The zero-order valence-corrected chi connectivity index (χ0v) is 6.66. The third kappa shape index (κ3) is 2.58. The molecule has 0 bridgehead atoms. The number of amides is 1. The molecule has 1 amide bonds. The summed E-state index contributed by atoms with van der Waals surface area (Å²) in [5, 5.41) is 2.63. The molecule has 0 fully saturated rings. The predicted molar refractivity (Wildman–Crippen MR) is 47.2 cm³/mol. The molecule has 0 aliphatic rings. The van der Waals surface area contributed by atoms with Crippen LogP contribution in [0.5, 0.6) is 0 Å². The van der Waals surface area contributed by atoms with Crippen LogP contribution in [0.4, 0.5) is 0 Å². The van der Waals surface area contributed by atoms with Gasteiger partial charge in [-0.15, -0.1) is 0 Å². The number of carbonyl (C=O) groups is 1. The summed E-state index contributed by atoms with van der Waals surface area (Å²) in [6, 6.07) is 9.66. The lowest BCUT2D eigenvalue weighted by atomic mass is 10.2. The Balaban J connectivity index is 2.43. The van der Waals surface area contributed by atoms with Crippen LogP contribution in [0.1, 0.15) is 5.56 Å². The Hall–Kier alpha value is -1.57. The van der Waals surface area contributed by atoms with Crippen LogP contribution in [-0.2, 0) is 11.3 Å². The first-order valence-electron chi connectivity index (χ1n) is 3.69. The Morgan fingerprint density at radius 3 is 2.67 bits per heavy atom. The number of nitrogens with one attached hydrogen (secondary N) is 1. The molecule has 0 saturated heterocycles. The Kier molecular flexibility index (Phi) is 3.08. The normalized spacial score (nSPS) is 9.00. The fraction of sp³-hybridized carbons (Fsp3) is 0.100. The van der Waals surface area contributed by atoms with Gasteiger partial charge in [-0.25, -0.2) is 0 Å². The number of hydrogen-bond donors (Lipinski definition) is 1. The molecular weight excluding hydrogens is 150 g/mol. The second kappa shape index (κ2) is 4.34. The summed E-state index contributed by atoms with van der Waals surface area (Å²) in [4.78, 5) is 10.7. The summed E-state index contributed by atoms with van der Waals surface area (Å²) < 4.78 is 0. The van der Waals surface area contributed by atoms with Crippen LogP contribution in [-0.4, -0.2) is 5.91 Å². The van der Waals surface area contributed by atoms with Crippen molar-refractivity contribution in [2.75, 3.05) is 0 Å². The lowest BCUT2D eigenvalue weighted by molar-refractivity contribution is -0.116. The maximum Gasteiger partial charge on any atom is 0.244 e. The minimum absolute atomic E-state index is 0.251. The molecule has 1 radical (unpaired) electrons. The van der Waals surface area contributed by atoms with Crippen molar-refractivity contribution in [1.82, 2.24) is 5.32 Å². The van der Waals surface area contributed by atoms with Crippen LogP contribution < -0.4 is 5.32 Å². The molecule has 2 nitrogen and oxygen atoms in total. The largest absolute Gasteiger partial charge is 0.348 e. The van der Waals surface area contributed by atoms with Gasteiger partial charge >= 0.3 is 0 Å². The molecule has 61 valence electrons. The summed E-state index contributed by atoms with van der Waals surface area (Å²) in [6.45, 7) is 5.52. The van der Waals surface area contributed by atoms with Gasteiger partial charge in [0.05, 0.1) is 0 Å². The molecule has 0 unspecified atom stereocenters. The van der Waals surface area contributed by atoms with E-state index in [1.165, 1.54) is 0 Å². The van der Waals surface area contributed by atoms with Gasteiger partial charge in [0.25, 0.3) is 0 Å². The first-order chi connectivity index (χ1) is 5.83. The maximum absolute atomic E-state index is 10.7. The molecule has 12 heavy (non-hydrogen) atoms. The second-order valence-electron chi connectivity index (χ2n) is 2.37. The third-order valence-corrected chi connectivity index (χ3v) is 1.46. The van der Waals surface area contributed by atoms with E-state index in [2.05, 4.69) is 5.32 Å². The van der Waals surface area contributed by atoms with E-state index in [9.17, 15) is 4.79 Å². The average molecular weight is 160 g/mol. The summed E-state index contributed by atoms with van der Waals surface area (Å²) in [6.07, 6.45) is 1.02. The zero-order chi connectivity index (χ0) is 8.81. The van der Waals surface area contributed by atoms with Gasteiger partial charge in [-0.2, -0.15) is 0 Å². The van der Waals surface area contributed by atoms with Crippen molar-refractivity contribution in [2.45, 2.75) is 6.54 Å². The van der Waals surface area contributed by atoms with Crippen molar-refractivity contribution in [2.24, 2.45) is 0 Å². The van der Waals surface area contributed by atoms with Crippen LogP contribution in [0.25, 0.3) is 0 Å². The van der Waals surface area contributed by atoms with Gasteiger partial charge in [0, 0.05) is 12.6 Å².